The number of H-pyrrole nitrogens is 1. The van der Waals surface area contributed by atoms with Crippen molar-refractivity contribution in [2.45, 2.75) is 19.4 Å². The van der Waals surface area contributed by atoms with E-state index < -0.39 is 0 Å². The maximum absolute atomic E-state index is 4.13. The maximum Gasteiger partial charge on any atom is 0.0997 e. The molecule has 2 rings (SSSR count). The molecule has 0 bridgehead atoms. The molecule has 16 heavy (non-hydrogen) atoms. The molecule has 0 fully saturated rings. The molecular formula is C12H16N4. The molecule has 0 saturated heterocycles. The first kappa shape index (κ1) is 10.8. The number of likely N-dealkylation sites (N-methyl/N-ethyl adjacent to an activating group) is 1. The Morgan fingerprint density at radius 1 is 1.31 bits per heavy atom. The lowest BCUT2D eigenvalue weighted by Gasteiger charge is -2.14. The summed E-state index contributed by atoms with van der Waals surface area (Å²) in [5.41, 5.74) is 2.27. The van der Waals surface area contributed by atoms with Gasteiger partial charge in [-0.15, -0.1) is 0 Å². The summed E-state index contributed by atoms with van der Waals surface area (Å²) in [6.45, 7) is 3.02. The molecule has 2 N–H and O–H groups in total. The van der Waals surface area contributed by atoms with Crippen molar-refractivity contribution in [3.63, 3.8) is 0 Å². The van der Waals surface area contributed by atoms with E-state index in [1.165, 1.54) is 5.56 Å². The summed E-state index contributed by atoms with van der Waals surface area (Å²) < 4.78 is 0. The quantitative estimate of drug-likeness (QED) is 0.799. The molecule has 1 aromatic carbocycles. The second kappa shape index (κ2) is 5.42. The molecule has 1 heterocycles. The molecule has 1 aromatic heterocycles. The van der Waals surface area contributed by atoms with Crippen LogP contribution in [0.5, 0.6) is 0 Å². The molecule has 84 valence electrons. The molecule has 0 aliphatic heterocycles. The van der Waals surface area contributed by atoms with Crippen molar-refractivity contribution in [3.8, 4) is 0 Å². The van der Waals surface area contributed by atoms with Crippen molar-refractivity contribution >= 4 is 0 Å². The lowest BCUT2D eigenvalue weighted by Crippen LogP contribution is -2.23. The summed E-state index contributed by atoms with van der Waals surface area (Å²) in [5.74, 6) is 0. The summed E-state index contributed by atoms with van der Waals surface area (Å²) in [7, 11) is 0. The van der Waals surface area contributed by atoms with Gasteiger partial charge in [-0.25, -0.2) is 0 Å². The van der Waals surface area contributed by atoms with Gasteiger partial charge in [-0.05, 0) is 18.5 Å². The Kier molecular flexibility index (Phi) is 3.66. The van der Waals surface area contributed by atoms with Crippen LogP contribution in [0.2, 0.25) is 0 Å². The highest BCUT2D eigenvalue weighted by Crippen LogP contribution is 2.15. The van der Waals surface area contributed by atoms with Gasteiger partial charge in [-0.2, -0.15) is 15.4 Å². The van der Waals surface area contributed by atoms with Gasteiger partial charge in [-0.1, -0.05) is 37.3 Å². The van der Waals surface area contributed by atoms with Crippen molar-refractivity contribution in [1.29, 1.82) is 0 Å². The Labute approximate surface area is 95.1 Å². The number of hydrogen-bond acceptors (Lipinski definition) is 3. The van der Waals surface area contributed by atoms with Crippen molar-refractivity contribution in [1.82, 2.24) is 20.7 Å². The van der Waals surface area contributed by atoms with E-state index in [0.29, 0.717) is 0 Å². The first-order valence-corrected chi connectivity index (χ1v) is 5.53. The molecule has 0 aliphatic rings. The smallest absolute Gasteiger partial charge is 0.0997 e. The fourth-order valence-electron chi connectivity index (χ4n) is 1.76. The van der Waals surface area contributed by atoms with Crippen LogP contribution in [0, 0.1) is 0 Å². The number of nitrogens with zero attached hydrogens (tertiary/aromatic N) is 2. The highest BCUT2D eigenvalue weighted by atomic mass is 15.3. The minimum atomic E-state index is 0.228. The van der Waals surface area contributed by atoms with Gasteiger partial charge in [0, 0.05) is 0 Å². The minimum absolute atomic E-state index is 0.228. The van der Waals surface area contributed by atoms with E-state index in [0.717, 1.165) is 18.7 Å². The van der Waals surface area contributed by atoms with Crippen molar-refractivity contribution in [2.75, 3.05) is 6.54 Å². The van der Waals surface area contributed by atoms with Crippen LogP contribution >= 0.6 is 0 Å². The van der Waals surface area contributed by atoms with Gasteiger partial charge in [0.25, 0.3) is 0 Å². The molecule has 0 radical (unpaired) electrons. The normalized spacial score (nSPS) is 12.6. The largest absolute Gasteiger partial charge is 0.309 e. The highest BCUT2D eigenvalue weighted by molar-refractivity contribution is 5.18. The lowest BCUT2D eigenvalue weighted by atomic mass is 10.0. The molecule has 1 unspecified atom stereocenters. The molecular weight excluding hydrogens is 200 g/mol. The summed E-state index contributed by atoms with van der Waals surface area (Å²) in [5, 5.41) is 14.0. The topological polar surface area (TPSA) is 53.6 Å². The van der Waals surface area contributed by atoms with E-state index in [9.17, 15) is 0 Å². The molecule has 4 nitrogen and oxygen atoms in total. The van der Waals surface area contributed by atoms with Crippen LogP contribution in [-0.4, -0.2) is 22.0 Å². The third-order valence-electron chi connectivity index (χ3n) is 2.52. The van der Waals surface area contributed by atoms with Gasteiger partial charge in [0.2, 0.25) is 0 Å². The summed E-state index contributed by atoms with van der Waals surface area (Å²) >= 11 is 0. The second-order valence-corrected chi connectivity index (χ2v) is 3.69. The Bertz CT molecular complexity index is 396. The van der Waals surface area contributed by atoms with E-state index in [-0.39, 0.29) is 6.04 Å². The maximum atomic E-state index is 4.13. The molecule has 4 heteroatoms. The van der Waals surface area contributed by atoms with Gasteiger partial charge in [0.1, 0.15) is 0 Å². The third kappa shape index (κ3) is 2.67. The zero-order valence-electron chi connectivity index (χ0n) is 9.35. The van der Waals surface area contributed by atoms with Gasteiger partial charge < -0.3 is 5.32 Å². The van der Waals surface area contributed by atoms with Crippen LogP contribution in [0.4, 0.5) is 0 Å². The van der Waals surface area contributed by atoms with Crippen LogP contribution in [-0.2, 0) is 6.42 Å². The zero-order valence-corrected chi connectivity index (χ0v) is 9.35. The average molecular weight is 216 g/mol. The molecule has 0 spiro atoms. The zero-order chi connectivity index (χ0) is 11.2. The van der Waals surface area contributed by atoms with Crippen LogP contribution in [0.15, 0.2) is 36.5 Å². The first-order valence-electron chi connectivity index (χ1n) is 5.53. The van der Waals surface area contributed by atoms with Crippen molar-refractivity contribution in [2.24, 2.45) is 0 Å². The molecule has 1 atom stereocenters. The van der Waals surface area contributed by atoms with E-state index in [2.05, 4.69) is 51.9 Å². The summed E-state index contributed by atoms with van der Waals surface area (Å²) in [4.78, 5) is 0. The number of nitrogens with one attached hydrogen (secondary N) is 2. The SMILES string of the molecule is CCNC(Cc1ccccc1)c1cn[nH]n1. The summed E-state index contributed by atoms with van der Waals surface area (Å²) in [6.07, 6.45) is 2.71. The minimum Gasteiger partial charge on any atom is -0.309 e. The Hall–Kier alpha value is -1.68. The van der Waals surface area contributed by atoms with Gasteiger partial charge in [0.05, 0.1) is 17.9 Å². The number of aromatic amines is 1. The van der Waals surface area contributed by atoms with E-state index in [1.807, 2.05) is 6.07 Å². The molecule has 2 aromatic rings. The predicted molar refractivity (Wildman–Crippen MR) is 62.9 cm³/mol. The fraction of sp³-hybridized carbons (Fsp3) is 0.333. The standard InChI is InChI=1S/C12H16N4/c1-2-13-11(12-9-14-16-15-12)8-10-6-4-3-5-7-10/h3-7,9,11,13H,2,8H2,1H3,(H,14,15,16). The molecule has 0 amide bonds. The van der Waals surface area contributed by atoms with E-state index in [1.54, 1.807) is 6.20 Å². The predicted octanol–water partition coefficient (Wildman–Crippen LogP) is 1.70. The first-order chi connectivity index (χ1) is 7.90. The molecule has 0 saturated carbocycles. The number of benzene rings is 1. The van der Waals surface area contributed by atoms with Crippen LogP contribution in [0.3, 0.4) is 0 Å². The number of rotatable bonds is 5. The highest BCUT2D eigenvalue weighted by Gasteiger charge is 2.13. The Morgan fingerprint density at radius 2 is 2.12 bits per heavy atom. The summed E-state index contributed by atoms with van der Waals surface area (Å²) in [6, 6.07) is 10.6. The van der Waals surface area contributed by atoms with Gasteiger partial charge >= 0.3 is 0 Å². The van der Waals surface area contributed by atoms with Gasteiger partial charge in [-0.3, -0.25) is 0 Å². The van der Waals surface area contributed by atoms with Crippen LogP contribution in [0.1, 0.15) is 24.2 Å². The van der Waals surface area contributed by atoms with Crippen molar-refractivity contribution in [3.05, 3.63) is 47.8 Å². The number of aromatic nitrogens is 3. The molecule has 0 aliphatic carbocycles. The average Bonchev–Trinajstić information content (AvgIpc) is 2.83. The second-order valence-electron chi connectivity index (χ2n) is 3.69. The van der Waals surface area contributed by atoms with E-state index in [4.69, 9.17) is 0 Å². The van der Waals surface area contributed by atoms with Crippen molar-refractivity contribution < 1.29 is 0 Å². The van der Waals surface area contributed by atoms with E-state index >= 15 is 0 Å². The number of hydrogen-bond donors (Lipinski definition) is 2. The van der Waals surface area contributed by atoms with Crippen LogP contribution < -0.4 is 5.32 Å². The monoisotopic (exact) mass is 216 g/mol. The fourth-order valence-corrected chi connectivity index (χ4v) is 1.76. The van der Waals surface area contributed by atoms with Crippen LogP contribution in [0.25, 0.3) is 0 Å². The Morgan fingerprint density at radius 3 is 2.75 bits per heavy atom. The third-order valence-corrected chi connectivity index (χ3v) is 2.52. The van der Waals surface area contributed by atoms with Gasteiger partial charge in [0.15, 0.2) is 0 Å². The Balaban J connectivity index is 2.09. The lowest BCUT2D eigenvalue weighted by molar-refractivity contribution is 0.535.